The summed E-state index contributed by atoms with van der Waals surface area (Å²) >= 11 is 0. The second kappa shape index (κ2) is 17.0. The summed E-state index contributed by atoms with van der Waals surface area (Å²) in [6.07, 6.45) is 12.6. The third-order valence-corrected chi connectivity index (χ3v) is 9.08. The lowest BCUT2D eigenvalue weighted by atomic mass is 9.70. The van der Waals surface area contributed by atoms with E-state index in [9.17, 15) is 19.2 Å². The summed E-state index contributed by atoms with van der Waals surface area (Å²) in [5.74, 6) is 1.15. The standard InChI is InChI=1S/C36H56O4/c1-8-11-12-13-14-16-30(38)18-17-28-23-32(24(4)5)33-21-27(22-35(40)36(33)26(28)7)20-29(15-9-2)31(10-3)34(39)19-25(6)37/h23-24,27,29,31H,8-22H2,1-7H3. The molecule has 1 aromatic carbocycles. The summed E-state index contributed by atoms with van der Waals surface area (Å²) in [5.41, 5.74) is 5.55. The van der Waals surface area contributed by atoms with Gasteiger partial charge < -0.3 is 0 Å². The Morgan fingerprint density at radius 3 is 2.25 bits per heavy atom. The van der Waals surface area contributed by atoms with Gasteiger partial charge in [-0.1, -0.05) is 79.2 Å². The number of carbonyl (C=O) groups excluding carboxylic acids is 4. The Labute approximate surface area is 244 Å². The van der Waals surface area contributed by atoms with Crippen molar-refractivity contribution < 1.29 is 19.2 Å². The quantitative estimate of drug-likeness (QED) is 0.127. The molecule has 0 aromatic heterocycles. The Hall–Kier alpha value is -2.10. The zero-order chi connectivity index (χ0) is 29.8. The number of unbranched alkanes of at least 4 members (excludes halogenated alkanes) is 4. The van der Waals surface area contributed by atoms with Crippen LogP contribution < -0.4 is 0 Å². The second-order valence-corrected chi connectivity index (χ2v) is 12.8. The van der Waals surface area contributed by atoms with Gasteiger partial charge in [-0.2, -0.15) is 0 Å². The maximum atomic E-state index is 13.7. The van der Waals surface area contributed by atoms with Gasteiger partial charge in [-0.05, 0) is 86.0 Å². The Bertz CT molecular complexity index is 1020. The van der Waals surface area contributed by atoms with E-state index in [1.54, 1.807) is 0 Å². The van der Waals surface area contributed by atoms with Crippen molar-refractivity contribution in [2.75, 3.05) is 0 Å². The molecule has 0 N–H and O–H groups in total. The van der Waals surface area contributed by atoms with Gasteiger partial charge >= 0.3 is 0 Å². The van der Waals surface area contributed by atoms with E-state index in [1.807, 2.05) is 6.92 Å². The fraction of sp³-hybridized carbons (Fsp3) is 0.722. The number of ketones is 4. The molecule has 0 radical (unpaired) electrons. The molecule has 1 aliphatic carbocycles. The van der Waals surface area contributed by atoms with Crippen molar-refractivity contribution in [2.24, 2.45) is 17.8 Å². The first-order valence-corrected chi connectivity index (χ1v) is 16.3. The van der Waals surface area contributed by atoms with Gasteiger partial charge in [0.2, 0.25) is 0 Å². The average molecular weight is 553 g/mol. The van der Waals surface area contributed by atoms with E-state index in [4.69, 9.17) is 0 Å². The maximum absolute atomic E-state index is 13.7. The number of fused-ring (bicyclic) bond motifs is 1. The van der Waals surface area contributed by atoms with Crippen LogP contribution in [-0.2, 0) is 27.2 Å². The zero-order valence-corrected chi connectivity index (χ0v) is 26.6. The number of aryl methyl sites for hydroxylation is 1. The van der Waals surface area contributed by atoms with Gasteiger partial charge in [-0.3, -0.25) is 19.2 Å². The number of benzene rings is 1. The van der Waals surface area contributed by atoms with Crippen molar-refractivity contribution in [1.29, 1.82) is 0 Å². The predicted molar refractivity (Wildman–Crippen MR) is 165 cm³/mol. The van der Waals surface area contributed by atoms with E-state index in [1.165, 1.54) is 37.3 Å². The summed E-state index contributed by atoms with van der Waals surface area (Å²) < 4.78 is 0. The molecule has 0 bridgehead atoms. The normalized spacial score (nSPS) is 16.6. The van der Waals surface area contributed by atoms with Crippen LogP contribution in [-0.4, -0.2) is 23.1 Å². The molecule has 2 rings (SSSR count). The van der Waals surface area contributed by atoms with Gasteiger partial charge in [0.25, 0.3) is 0 Å². The van der Waals surface area contributed by atoms with Gasteiger partial charge in [0, 0.05) is 30.7 Å². The highest BCUT2D eigenvalue weighted by molar-refractivity contribution is 6.01. The fourth-order valence-electron chi connectivity index (χ4n) is 6.99. The molecule has 0 heterocycles. The Morgan fingerprint density at radius 1 is 0.950 bits per heavy atom. The highest BCUT2D eigenvalue weighted by Gasteiger charge is 2.34. The highest BCUT2D eigenvalue weighted by Crippen LogP contribution is 2.40. The first-order chi connectivity index (χ1) is 19.0. The van der Waals surface area contributed by atoms with Gasteiger partial charge in [0.1, 0.15) is 17.3 Å². The first kappa shape index (κ1) is 34.1. The summed E-state index contributed by atoms with van der Waals surface area (Å²) in [4.78, 5) is 50.9. The SMILES string of the molecule is CCCCCCCC(=O)CCc1cc(C(C)C)c2c(c1C)C(=O)CC(CC(CCC)C(CC)C(=O)CC(C)=O)C2. The van der Waals surface area contributed by atoms with Crippen LogP contribution in [0.15, 0.2) is 6.07 Å². The lowest BCUT2D eigenvalue weighted by Crippen LogP contribution is -2.30. The lowest BCUT2D eigenvalue weighted by molar-refractivity contribution is -0.130. The predicted octanol–water partition coefficient (Wildman–Crippen LogP) is 9.11. The Morgan fingerprint density at radius 2 is 1.65 bits per heavy atom. The maximum Gasteiger partial charge on any atom is 0.163 e. The molecule has 0 fully saturated rings. The third kappa shape index (κ3) is 9.77. The van der Waals surface area contributed by atoms with Crippen molar-refractivity contribution in [1.82, 2.24) is 0 Å². The fourth-order valence-corrected chi connectivity index (χ4v) is 6.99. The topological polar surface area (TPSA) is 68.3 Å². The molecule has 224 valence electrons. The van der Waals surface area contributed by atoms with E-state index in [-0.39, 0.29) is 41.5 Å². The number of hydrogen-bond acceptors (Lipinski definition) is 4. The average Bonchev–Trinajstić information content (AvgIpc) is 2.87. The van der Waals surface area contributed by atoms with Crippen LogP contribution >= 0.6 is 0 Å². The minimum Gasteiger partial charge on any atom is -0.300 e. The molecule has 0 spiro atoms. The number of carbonyl (C=O) groups is 4. The van der Waals surface area contributed by atoms with E-state index in [2.05, 4.69) is 40.7 Å². The van der Waals surface area contributed by atoms with E-state index in [0.717, 1.165) is 61.6 Å². The zero-order valence-electron chi connectivity index (χ0n) is 26.6. The van der Waals surface area contributed by atoms with Crippen molar-refractivity contribution in [3.63, 3.8) is 0 Å². The molecule has 3 atom stereocenters. The van der Waals surface area contributed by atoms with E-state index in [0.29, 0.717) is 37.4 Å². The molecule has 0 amide bonds. The van der Waals surface area contributed by atoms with Gasteiger partial charge in [0.05, 0.1) is 6.42 Å². The molecule has 3 unspecified atom stereocenters. The first-order valence-electron chi connectivity index (χ1n) is 16.3. The molecule has 1 aromatic rings. The minimum absolute atomic E-state index is 0.0198. The summed E-state index contributed by atoms with van der Waals surface area (Å²) in [7, 11) is 0. The molecule has 0 aliphatic heterocycles. The van der Waals surface area contributed by atoms with Crippen molar-refractivity contribution in [3.8, 4) is 0 Å². The molecule has 4 nitrogen and oxygen atoms in total. The summed E-state index contributed by atoms with van der Waals surface area (Å²) in [5, 5.41) is 0. The number of rotatable bonds is 19. The van der Waals surface area contributed by atoms with Crippen LogP contribution in [0.3, 0.4) is 0 Å². The van der Waals surface area contributed by atoms with Crippen LogP contribution in [0.1, 0.15) is 164 Å². The highest BCUT2D eigenvalue weighted by atomic mass is 16.1. The largest absolute Gasteiger partial charge is 0.300 e. The van der Waals surface area contributed by atoms with Crippen molar-refractivity contribution >= 4 is 23.1 Å². The van der Waals surface area contributed by atoms with Crippen molar-refractivity contribution in [2.45, 2.75) is 151 Å². The van der Waals surface area contributed by atoms with E-state index < -0.39 is 0 Å². The molecule has 1 aliphatic rings. The molecular formula is C36H56O4. The van der Waals surface area contributed by atoms with E-state index >= 15 is 0 Å². The van der Waals surface area contributed by atoms with Crippen LogP contribution in [0.2, 0.25) is 0 Å². The second-order valence-electron chi connectivity index (χ2n) is 12.8. The number of hydrogen-bond donors (Lipinski definition) is 0. The monoisotopic (exact) mass is 552 g/mol. The third-order valence-electron chi connectivity index (χ3n) is 9.08. The van der Waals surface area contributed by atoms with Crippen molar-refractivity contribution in [3.05, 3.63) is 33.9 Å². The summed E-state index contributed by atoms with van der Waals surface area (Å²) in [6, 6.07) is 2.28. The Kier molecular flexibility index (Phi) is 14.5. The molecular weight excluding hydrogens is 496 g/mol. The van der Waals surface area contributed by atoms with Crippen LogP contribution in [0.25, 0.3) is 0 Å². The molecule has 4 heteroatoms. The molecule has 0 saturated heterocycles. The molecule has 40 heavy (non-hydrogen) atoms. The molecule has 0 saturated carbocycles. The smallest absolute Gasteiger partial charge is 0.163 e. The van der Waals surface area contributed by atoms with Gasteiger partial charge in [0.15, 0.2) is 5.78 Å². The van der Waals surface area contributed by atoms with Crippen LogP contribution in [0.4, 0.5) is 0 Å². The number of Topliss-reactive ketones (excluding diaryl/α,β-unsaturated/α-hetero) is 4. The van der Waals surface area contributed by atoms with Gasteiger partial charge in [-0.25, -0.2) is 0 Å². The van der Waals surface area contributed by atoms with Crippen LogP contribution in [0.5, 0.6) is 0 Å². The van der Waals surface area contributed by atoms with Gasteiger partial charge in [-0.15, -0.1) is 0 Å². The lowest BCUT2D eigenvalue weighted by Gasteiger charge is -2.33. The Balaban J connectivity index is 2.22. The van der Waals surface area contributed by atoms with Crippen LogP contribution in [0, 0.1) is 24.7 Å². The summed E-state index contributed by atoms with van der Waals surface area (Å²) in [6.45, 7) is 14.3. The minimum atomic E-state index is -0.113.